The quantitative estimate of drug-likeness (QED) is 0.900. The molecule has 2 aliphatic heterocycles. The van der Waals surface area contributed by atoms with E-state index in [-0.39, 0.29) is 13.2 Å². The molecule has 0 bridgehead atoms. The van der Waals surface area contributed by atoms with Gasteiger partial charge >= 0.3 is 6.09 Å². The van der Waals surface area contributed by atoms with E-state index in [0.717, 1.165) is 10.5 Å². The molecule has 0 spiro atoms. The second kappa shape index (κ2) is 5.01. The predicted molar refractivity (Wildman–Crippen MR) is 68.4 cm³/mol. The summed E-state index contributed by atoms with van der Waals surface area (Å²) in [6, 6.07) is 8.72. The van der Waals surface area contributed by atoms with Crippen molar-refractivity contribution < 1.29 is 18.3 Å². The second-order valence-corrected chi connectivity index (χ2v) is 5.26. The molecule has 4 nitrogen and oxygen atoms in total. The number of nitrogens with zero attached hydrogens (tertiary/aromatic N) is 1. The topological polar surface area (TPSA) is 41.6 Å². The number of ether oxygens (including phenoxy) is 1. The van der Waals surface area contributed by atoms with Crippen LogP contribution in [-0.4, -0.2) is 42.6 Å². The van der Waals surface area contributed by atoms with E-state index >= 15 is 0 Å². The van der Waals surface area contributed by atoms with E-state index in [9.17, 15) is 13.6 Å². The number of nitrogens with one attached hydrogen (secondary N) is 1. The van der Waals surface area contributed by atoms with Gasteiger partial charge in [-0.05, 0) is 5.56 Å². The molecule has 1 aromatic carbocycles. The molecule has 0 saturated carbocycles. The molecular formula is C14H16F2N2O2. The lowest BCUT2D eigenvalue weighted by Gasteiger charge is -2.21. The number of amides is 1. The van der Waals surface area contributed by atoms with Gasteiger partial charge < -0.3 is 10.1 Å². The number of hydrogen-bond acceptors (Lipinski definition) is 3. The highest BCUT2D eigenvalue weighted by atomic mass is 19.3. The van der Waals surface area contributed by atoms with Gasteiger partial charge in [-0.15, -0.1) is 0 Å². The number of hydrogen-bond donors (Lipinski definition) is 1. The van der Waals surface area contributed by atoms with Crippen LogP contribution in [0.1, 0.15) is 5.56 Å². The highest BCUT2D eigenvalue weighted by Crippen LogP contribution is 2.39. The zero-order valence-corrected chi connectivity index (χ0v) is 10.9. The van der Waals surface area contributed by atoms with E-state index in [0.29, 0.717) is 6.54 Å². The first-order chi connectivity index (χ1) is 9.58. The largest absolute Gasteiger partial charge is 0.445 e. The van der Waals surface area contributed by atoms with Gasteiger partial charge in [0, 0.05) is 13.1 Å². The lowest BCUT2D eigenvalue weighted by atomic mass is 10.0. The standard InChI is InChI=1S/C14H16F2N2O2/c15-14(16)9-18(12-7-17-6-11(12)14)13(19)20-8-10-4-2-1-3-5-10/h1-5,11-12,17H,6-9H2/t11-,12+/m0/s1. The van der Waals surface area contributed by atoms with Gasteiger partial charge in [0.05, 0.1) is 18.5 Å². The number of likely N-dealkylation sites (tertiary alicyclic amines) is 1. The molecule has 0 aromatic heterocycles. The maximum absolute atomic E-state index is 13.8. The van der Waals surface area contributed by atoms with Crippen LogP contribution >= 0.6 is 0 Å². The Bertz CT molecular complexity index is 495. The van der Waals surface area contributed by atoms with Crippen LogP contribution in [-0.2, 0) is 11.3 Å². The summed E-state index contributed by atoms with van der Waals surface area (Å²) in [6.45, 7) is 0.213. The normalized spacial score (nSPS) is 27.4. The number of rotatable bonds is 2. The average molecular weight is 282 g/mol. The van der Waals surface area contributed by atoms with Crippen LogP contribution in [0.4, 0.5) is 13.6 Å². The monoisotopic (exact) mass is 282 g/mol. The summed E-state index contributed by atoms with van der Waals surface area (Å²) >= 11 is 0. The highest BCUT2D eigenvalue weighted by molar-refractivity contribution is 5.69. The van der Waals surface area contributed by atoms with Gasteiger partial charge in [-0.3, -0.25) is 4.90 Å². The molecule has 2 aliphatic rings. The Hall–Kier alpha value is -1.69. The van der Waals surface area contributed by atoms with Crippen molar-refractivity contribution in [3.05, 3.63) is 35.9 Å². The van der Waals surface area contributed by atoms with Crippen molar-refractivity contribution >= 4 is 6.09 Å². The van der Waals surface area contributed by atoms with Crippen LogP contribution in [0.3, 0.4) is 0 Å². The van der Waals surface area contributed by atoms with Crippen molar-refractivity contribution in [1.82, 2.24) is 10.2 Å². The third-order valence-corrected chi connectivity index (χ3v) is 3.95. The van der Waals surface area contributed by atoms with Crippen molar-refractivity contribution in [2.75, 3.05) is 19.6 Å². The Morgan fingerprint density at radius 3 is 2.85 bits per heavy atom. The molecule has 108 valence electrons. The van der Waals surface area contributed by atoms with Crippen molar-refractivity contribution in [2.24, 2.45) is 5.92 Å². The van der Waals surface area contributed by atoms with Crippen LogP contribution in [0.15, 0.2) is 30.3 Å². The molecule has 1 N–H and O–H groups in total. The maximum Gasteiger partial charge on any atom is 0.410 e. The van der Waals surface area contributed by atoms with Crippen LogP contribution in [0.5, 0.6) is 0 Å². The SMILES string of the molecule is O=C(OCc1ccccc1)N1CC(F)(F)[C@H]2CNC[C@H]21. The smallest absolute Gasteiger partial charge is 0.410 e. The minimum absolute atomic E-state index is 0.104. The second-order valence-electron chi connectivity index (χ2n) is 5.26. The highest BCUT2D eigenvalue weighted by Gasteiger charge is 2.57. The number of benzene rings is 1. The summed E-state index contributed by atoms with van der Waals surface area (Å²) in [6.07, 6.45) is -0.662. The zero-order valence-electron chi connectivity index (χ0n) is 10.9. The first-order valence-electron chi connectivity index (χ1n) is 6.64. The zero-order chi connectivity index (χ0) is 14.2. The van der Waals surface area contributed by atoms with Gasteiger partial charge in [0.15, 0.2) is 0 Å². The van der Waals surface area contributed by atoms with Crippen LogP contribution in [0.25, 0.3) is 0 Å². The Balaban J connectivity index is 1.63. The number of halogens is 2. The third-order valence-electron chi connectivity index (χ3n) is 3.95. The summed E-state index contributed by atoms with van der Waals surface area (Å²) in [5.41, 5.74) is 0.841. The summed E-state index contributed by atoms with van der Waals surface area (Å²) in [7, 11) is 0. The van der Waals surface area contributed by atoms with Gasteiger partial charge in [-0.1, -0.05) is 30.3 Å². The predicted octanol–water partition coefficient (Wildman–Crippen LogP) is 1.86. The van der Waals surface area contributed by atoms with Crippen LogP contribution in [0.2, 0.25) is 0 Å². The van der Waals surface area contributed by atoms with Crippen molar-refractivity contribution in [1.29, 1.82) is 0 Å². The Labute approximate surface area is 115 Å². The molecule has 1 amide bonds. The summed E-state index contributed by atoms with van der Waals surface area (Å²) < 4.78 is 32.7. The fourth-order valence-electron chi connectivity index (χ4n) is 2.89. The van der Waals surface area contributed by atoms with Gasteiger partial charge in [0.25, 0.3) is 5.92 Å². The van der Waals surface area contributed by atoms with Crippen molar-refractivity contribution in [3.63, 3.8) is 0 Å². The molecular weight excluding hydrogens is 266 g/mol. The summed E-state index contributed by atoms with van der Waals surface area (Å²) in [5, 5.41) is 2.91. The van der Waals surface area contributed by atoms with Crippen LogP contribution in [0, 0.1) is 5.92 Å². The summed E-state index contributed by atoms with van der Waals surface area (Å²) in [4.78, 5) is 13.2. The first-order valence-corrected chi connectivity index (χ1v) is 6.64. The molecule has 0 radical (unpaired) electrons. The van der Waals surface area contributed by atoms with Crippen molar-refractivity contribution in [2.45, 2.75) is 18.6 Å². The first kappa shape index (κ1) is 13.3. The Morgan fingerprint density at radius 2 is 2.10 bits per heavy atom. The number of carbonyl (C=O) groups is 1. The molecule has 2 atom stereocenters. The molecule has 2 saturated heterocycles. The fraction of sp³-hybridized carbons (Fsp3) is 0.500. The Morgan fingerprint density at radius 1 is 1.35 bits per heavy atom. The van der Waals surface area contributed by atoms with E-state index < -0.39 is 30.5 Å². The van der Waals surface area contributed by atoms with Gasteiger partial charge in [-0.2, -0.15) is 0 Å². The van der Waals surface area contributed by atoms with E-state index in [2.05, 4.69) is 5.32 Å². The van der Waals surface area contributed by atoms with Gasteiger partial charge in [-0.25, -0.2) is 13.6 Å². The van der Waals surface area contributed by atoms with E-state index in [1.54, 1.807) is 0 Å². The van der Waals surface area contributed by atoms with E-state index in [4.69, 9.17) is 4.74 Å². The lowest BCUT2D eigenvalue weighted by molar-refractivity contribution is -0.0244. The third kappa shape index (κ3) is 2.35. The van der Waals surface area contributed by atoms with Gasteiger partial charge in [0.1, 0.15) is 6.61 Å². The molecule has 0 aliphatic carbocycles. The maximum atomic E-state index is 13.8. The molecule has 3 rings (SSSR count). The number of alkyl halides is 2. The van der Waals surface area contributed by atoms with E-state index in [1.807, 2.05) is 30.3 Å². The van der Waals surface area contributed by atoms with Gasteiger partial charge in [0.2, 0.25) is 0 Å². The lowest BCUT2D eigenvalue weighted by Crippen LogP contribution is -2.39. The minimum atomic E-state index is -2.83. The summed E-state index contributed by atoms with van der Waals surface area (Å²) in [5.74, 6) is -3.63. The Kier molecular flexibility index (Phi) is 3.33. The molecule has 1 aromatic rings. The molecule has 0 unspecified atom stereocenters. The van der Waals surface area contributed by atoms with Crippen molar-refractivity contribution in [3.8, 4) is 0 Å². The molecule has 2 heterocycles. The van der Waals surface area contributed by atoms with Crippen LogP contribution < -0.4 is 5.32 Å². The van der Waals surface area contributed by atoms with E-state index in [1.165, 1.54) is 0 Å². The molecule has 6 heteroatoms. The molecule has 2 fully saturated rings. The number of fused-ring (bicyclic) bond motifs is 1. The number of carbonyl (C=O) groups excluding carboxylic acids is 1. The molecule has 20 heavy (non-hydrogen) atoms. The fourth-order valence-corrected chi connectivity index (χ4v) is 2.89. The minimum Gasteiger partial charge on any atom is -0.445 e. The average Bonchev–Trinajstić information content (AvgIpc) is 3.01.